The summed E-state index contributed by atoms with van der Waals surface area (Å²) >= 11 is 0. The molecule has 0 bridgehead atoms. The van der Waals surface area contributed by atoms with E-state index in [2.05, 4.69) is 10.1 Å². The average Bonchev–Trinajstić information content (AvgIpc) is 3.41. The normalized spacial score (nSPS) is 11.7. The van der Waals surface area contributed by atoms with E-state index < -0.39 is 18.6 Å². The van der Waals surface area contributed by atoms with E-state index in [-0.39, 0.29) is 6.54 Å². The van der Waals surface area contributed by atoms with Crippen molar-refractivity contribution in [1.29, 1.82) is 0 Å². The summed E-state index contributed by atoms with van der Waals surface area (Å²) in [7, 11) is 4.76. The van der Waals surface area contributed by atoms with Gasteiger partial charge in [0.15, 0.2) is 0 Å². The summed E-state index contributed by atoms with van der Waals surface area (Å²) in [6, 6.07) is 10.9. The maximum atomic E-state index is 12.9. The number of benzene rings is 2. The fraction of sp³-hybridized carbons (Fsp3) is 0.292. The second-order valence-corrected chi connectivity index (χ2v) is 8.10. The molecular formula is C24H24F3N5O2. The van der Waals surface area contributed by atoms with Gasteiger partial charge in [-0.3, -0.25) is 9.25 Å². The lowest BCUT2D eigenvalue weighted by atomic mass is 10.1. The Morgan fingerprint density at radius 3 is 2.56 bits per heavy atom. The van der Waals surface area contributed by atoms with Crippen LogP contribution >= 0.6 is 0 Å². The van der Waals surface area contributed by atoms with E-state index in [1.807, 2.05) is 35.8 Å². The van der Waals surface area contributed by atoms with Gasteiger partial charge >= 0.3 is 12.1 Å². The molecule has 0 radical (unpaired) electrons. The number of ether oxygens (including phenoxy) is 1. The van der Waals surface area contributed by atoms with E-state index in [4.69, 9.17) is 4.74 Å². The van der Waals surface area contributed by atoms with Crippen LogP contribution in [0.1, 0.15) is 22.3 Å². The van der Waals surface area contributed by atoms with Crippen LogP contribution in [0, 0.1) is 6.92 Å². The van der Waals surface area contributed by atoms with Crippen molar-refractivity contribution >= 4 is 22.7 Å². The number of halogens is 3. The van der Waals surface area contributed by atoms with Crippen molar-refractivity contribution in [3.8, 4) is 16.9 Å². The molecule has 0 fully saturated rings. The number of imidazole rings is 1. The predicted octanol–water partition coefficient (Wildman–Crippen LogP) is 4.91. The first kappa shape index (κ1) is 23.3. The largest absolute Gasteiger partial charge is 0.465 e. The number of methoxy groups -OCH3 is 1. The van der Waals surface area contributed by atoms with E-state index in [0.717, 1.165) is 28.0 Å². The molecule has 10 heteroatoms. The third-order valence-electron chi connectivity index (χ3n) is 5.78. The van der Waals surface area contributed by atoms with E-state index in [1.165, 1.54) is 7.11 Å². The Hall–Kier alpha value is -3.82. The van der Waals surface area contributed by atoms with Crippen molar-refractivity contribution in [3.63, 3.8) is 0 Å². The monoisotopic (exact) mass is 471 g/mol. The Labute approximate surface area is 194 Å². The van der Waals surface area contributed by atoms with Gasteiger partial charge in [-0.15, -0.1) is 0 Å². The fourth-order valence-electron chi connectivity index (χ4n) is 3.95. The molecule has 2 aromatic heterocycles. The number of esters is 1. The van der Waals surface area contributed by atoms with Crippen LogP contribution in [0.4, 0.5) is 18.9 Å². The topological polar surface area (TPSA) is 65.2 Å². The van der Waals surface area contributed by atoms with Crippen molar-refractivity contribution in [1.82, 2.24) is 19.3 Å². The zero-order valence-electron chi connectivity index (χ0n) is 19.2. The lowest BCUT2D eigenvalue weighted by Crippen LogP contribution is -2.24. The first-order valence-corrected chi connectivity index (χ1v) is 10.6. The van der Waals surface area contributed by atoms with Gasteiger partial charge in [0.25, 0.3) is 0 Å². The zero-order chi connectivity index (χ0) is 24.6. The number of nitrogens with zero attached hydrogens (tertiary/aromatic N) is 5. The van der Waals surface area contributed by atoms with Crippen molar-refractivity contribution in [2.24, 2.45) is 7.05 Å². The summed E-state index contributed by atoms with van der Waals surface area (Å²) in [5.74, 6) is -0.424. The van der Waals surface area contributed by atoms with Crippen LogP contribution < -0.4 is 4.90 Å². The SMILES string of the molecule is COC(=O)c1ccc(-n2cnc3c(N(C)CCC(F)(F)F)cc(-c4ccnn4C)cc32)cc1C. The van der Waals surface area contributed by atoms with Crippen molar-refractivity contribution in [3.05, 3.63) is 60.0 Å². The molecule has 2 heterocycles. The highest BCUT2D eigenvalue weighted by Gasteiger charge is 2.28. The smallest absolute Gasteiger partial charge is 0.390 e. The van der Waals surface area contributed by atoms with Gasteiger partial charge in [-0.25, -0.2) is 9.78 Å². The van der Waals surface area contributed by atoms with Crippen molar-refractivity contribution in [2.45, 2.75) is 19.5 Å². The Kier molecular flexibility index (Phi) is 6.07. The molecule has 7 nitrogen and oxygen atoms in total. The average molecular weight is 471 g/mol. The third-order valence-corrected chi connectivity index (χ3v) is 5.78. The molecule has 2 aromatic carbocycles. The number of hydrogen-bond acceptors (Lipinski definition) is 5. The van der Waals surface area contributed by atoms with Crippen LogP contribution in [-0.4, -0.2) is 52.2 Å². The molecule has 0 aliphatic carbocycles. The summed E-state index contributed by atoms with van der Waals surface area (Å²) in [4.78, 5) is 18.1. The van der Waals surface area contributed by atoms with E-state index in [9.17, 15) is 18.0 Å². The minimum absolute atomic E-state index is 0.201. The lowest BCUT2D eigenvalue weighted by Gasteiger charge is -2.22. The van der Waals surface area contributed by atoms with Gasteiger partial charge in [-0.05, 0) is 48.9 Å². The van der Waals surface area contributed by atoms with Crippen molar-refractivity contribution < 1.29 is 22.7 Å². The molecule has 0 amide bonds. The Bertz CT molecular complexity index is 1360. The molecule has 4 rings (SSSR count). The van der Waals surface area contributed by atoms with E-state index >= 15 is 0 Å². The standard InChI is InChI=1S/C24H24F3N5O2/c1-15-11-17(5-6-18(15)23(33)34-4)32-14-28-22-20(30(2)10-8-24(25,26)27)12-16(13-21(22)32)19-7-9-29-31(19)3/h5-7,9,11-14H,8,10H2,1-4H3. The Balaban J connectivity index is 1.86. The first-order chi connectivity index (χ1) is 16.1. The number of aromatic nitrogens is 4. The van der Waals surface area contributed by atoms with Gasteiger partial charge in [-0.2, -0.15) is 18.3 Å². The number of aryl methyl sites for hydroxylation is 2. The van der Waals surface area contributed by atoms with Gasteiger partial charge in [0.1, 0.15) is 11.8 Å². The summed E-state index contributed by atoms with van der Waals surface area (Å²) in [6.07, 6.45) is -1.90. The molecule has 0 N–H and O–H groups in total. The highest BCUT2D eigenvalue weighted by Crippen LogP contribution is 2.34. The van der Waals surface area contributed by atoms with Crippen LogP contribution in [-0.2, 0) is 11.8 Å². The summed E-state index contributed by atoms with van der Waals surface area (Å²) in [5.41, 5.74) is 5.44. The molecule has 0 aliphatic heterocycles. The summed E-state index contributed by atoms with van der Waals surface area (Å²) in [6.45, 7) is 1.61. The molecule has 0 aliphatic rings. The third kappa shape index (κ3) is 4.48. The quantitative estimate of drug-likeness (QED) is 0.374. The predicted molar refractivity (Wildman–Crippen MR) is 123 cm³/mol. The van der Waals surface area contributed by atoms with E-state index in [0.29, 0.717) is 16.8 Å². The maximum absolute atomic E-state index is 12.9. The van der Waals surface area contributed by atoms with E-state index in [1.54, 1.807) is 48.3 Å². The molecule has 34 heavy (non-hydrogen) atoms. The first-order valence-electron chi connectivity index (χ1n) is 10.6. The van der Waals surface area contributed by atoms with Crippen molar-refractivity contribution in [2.75, 3.05) is 25.6 Å². The number of carbonyl (C=O) groups is 1. The molecule has 0 saturated heterocycles. The van der Waals surface area contributed by atoms with Crippen LogP contribution in [0.2, 0.25) is 0 Å². The number of hydrogen-bond donors (Lipinski definition) is 0. The second kappa shape index (κ2) is 8.85. The summed E-state index contributed by atoms with van der Waals surface area (Å²) in [5, 5.41) is 4.22. The fourth-order valence-corrected chi connectivity index (χ4v) is 3.95. The number of carbonyl (C=O) groups excluding carboxylic acids is 1. The molecule has 0 spiro atoms. The van der Waals surface area contributed by atoms with Gasteiger partial charge in [0, 0.05) is 38.1 Å². The minimum Gasteiger partial charge on any atom is -0.465 e. The number of fused-ring (bicyclic) bond motifs is 1. The van der Waals surface area contributed by atoms with Crippen LogP contribution in [0.5, 0.6) is 0 Å². The van der Waals surface area contributed by atoms with Gasteiger partial charge in [0.2, 0.25) is 0 Å². The Morgan fingerprint density at radius 1 is 1.18 bits per heavy atom. The van der Waals surface area contributed by atoms with Gasteiger partial charge in [0.05, 0.1) is 36.0 Å². The molecular weight excluding hydrogens is 447 g/mol. The molecule has 4 aromatic rings. The van der Waals surface area contributed by atoms with Crippen LogP contribution in [0.15, 0.2) is 48.9 Å². The highest BCUT2D eigenvalue weighted by molar-refractivity contribution is 5.95. The Morgan fingerprint density at radius 2 is 1.94 bits per heavy atom. The van der Waals surface area contributed by atoms with Crippen LogP contribution in [0.25, 0.3) is 28.0 Å². The number of rotatable bonds is 6. The minimum atomic E-state index is -4.26. The maximum Gasteiger partial charge on any atom is 0.390 e. The van der Waals surface area contributed by atoms with Crippen LogP contribution in [0.3, 0.4) is 0 Å². The number of anilines is 1. The molecule has 0 unspecified atom stereocenters. The highest BCUT2D eigenvalue weighted by atomic mass is 19.4. The number of alkyl halides is 3. The summed E-state index contributed by atoms with van der Waals surface area (Å²) < 4.78 is 47.0. The van der Waals surface area contributed by atoms with Gasteiger partial charge in [-0.1, -0.05) is 0 Å². The lowest BCUT2D eigenvalue weighted by molar-refractivity contribution is -0.132. The second-order valence-electron chi connectivity index (χ2n) is 8.10. The van der Waals surface area contributed by atoms with Gasteiger partial charge < -0.3 is 9.64 Å². The molecule has 0 saturated carbocycles. The molecule has 0 atom stereocenters. The zero-order valence-corrected chi connectivity index (χ0v) is 19.2. The molecule has 178 valence electrons.